The van der Waals surface area contributed by atoms with Crippen LogP contribution in [-0.4, -0.2) is 33.0 Å². The zero-order valence-corrected chi connectivity index (χ0v) is 16.3. The molecule has 0 bridgehead atoms. The molecule has 30 heavy (non-hydrogen) atoms. The number of amides is 1. The first kappa shape index (κ1) is 21.2. The number of ether oxygens (including phenoxy) is 3. The van der Waals surface area contributed by atoms with Gasteiger partial charge in [0.15, 0.2) is 17.6 Å². The van der Waals surface area contributed by atoms with E-state index in [-0.39, 0.29) is 11.5 Å². The summed E-state index contributed by atoms with van der Waals surface area (Å²) in [6.45, 7) is -2.99. The molecular formula is C22H20F2N2O4. The number of benzene rings is 3. The van der Waals surface area contributed by atoms with Gasteiger partial charge in [0.05, 0.1) is 13.3 Å². The number of nitrogens with zero attached hydrogens (tertiary/aromatic N) is 1. The summed E-state index contributed by atoms with van der Waals surface area (Å²) >= 11 is 0. The van der Waals surface area contributed by atoms with Crippen LogP contribution in [0.4, 0.5) is 8.78 Å². The van der Waals surface area contributed by atoms with Gasteiger partial charge < -0.3 is 14.2 Å². The van der Waals surface area contributed by atoms with E-state index in [1.807, 2.05) is 42.5 Å². The highest BCUT2D eigenvalue weighted by molar-refractivity contribution is 5.88. The van der Waals surface area contributed by atoms with Crippen molar-refractivity contribution < 1.29 is 27.8 Å². The molecule has 0 aliphatic carbocycles. The Morgan fingerprint density at radius 3 is 2.47 bits per heavy atom. The maximum Gasteiger partial charge on any atom is 0.387 e. The average Bonchev–Trinajstić information content (AvgIpc) is 2.74. The van der Waals surface area contributed by atoms with Crippen LogP contribution in [0, 0.1) is 0 Å². The first-order valence-electron chi connectivity index (χ1n) is 8.99. The van der Waals surface area contributed by atoms with Crippen LogP contribution in [0.5, 0.6) is 11.5 Å². The second kappa shape index (κ2) is 9.80. The van der Waals surface area contributed by atoms with E-state index in [1.165, 1.54) is 32.6 Å². The Kier molecular flexibility index (Phi) is 6.92. The van der Waals surface area contributed by atoms with Crippen molar-refractivity contribution in [3.63, 3.8) is 0 Å². The van der Waals surface area contributed by atoms with E-state index >= 15 is 0 Å². The Morgan fingerprint density at radius 1 is 1.00 bits per heavy atom. The van der Waals surface area contributed by atoms with Crippen molar-refractivity contribution in [2.75, 3.05) is 14.2 Å². The van der Waals surface area contributed by atoms with Crippen molar-refractivity contribution in [3.05, 3.63) is 71.8 Å². The van der Waals surface area contributed by atoms with Gasteiger partial charge >= 0.3 is 6.61 Å². The monoisotopic (exact) mass is 414 g/mol. The molecule has 0 radical (unpaired) electrons. The van der Waals surface area contributed by atoms with E-state index in [2.05, 4.69) is 15.3 Å². The molecule has 1 unspecified atom stereocenters. The lowest BCUT2D eigenvalue weighted by molar-refractivity contribution is -0.131. The topological polar surface area (TPSA) is 69.2 Å². The first-order valence-corrected chi connectivity index (χ1v) is 8.99. The van der Waals surface area contributed by atoms with Crippen molar-refractivity contribution >= 4 is 22.9 Å². The molecule has 1 N–H and O–H groups in total. The molecule has 1 amide bonds. The minimum absolute atomic E-state index is 0.131. The van der Waals surface area contributed by atoms with Crippen molar-refractivity contribution in [3.8, 4) is 11.5 Å². The lowest BCUT2D eigenvalue weighted by Crippen LogP contribution is -2.26. The van der Waals surface area contributed by atoms with Crippen LogP contribution in [0.25, 0.3) is 10.8 Å². The number of hydrogen-bond acceptors (Lipinski definition) is 5. The number of fused-ring (bicyclic) bond motifs is 1. The normalized spacial score (nSPS) is 12.3. The van der Waals surface area contributed by atoms with Gasteiger partial charge in [0.25, 0.3) is 5.91 Å². The fraction of sp³-hybridized carbons (Fsp3) is 0.182. The molecule has 3 aromatic rings. The van der Waals surface area contributed by atoms with Crippen molar-refractivity contribution in [1.29, 1.82) is 0 Å². The third-order valence-corrected chi connectivity index (χ3v) is 4.34. The molecular weight excluding hydrogens is 394 g/mol. The largest absolute Gasteiger partial charge is 0.493 e. The molecule has 6 nitrogen and oxygen atoms in total. The van der Waals surface area contributed by atoms with Crippen molar-refractivity contribution in [2.45, 2.75) is 12.7 Å². The predicted octanol–water partition coefficient (Wildman–Crippen LogP) is 4.29. The van der Waals surface area contributed by atoms with E-state index in [1.54, 1.807) is 6.07 Å². The number of carbonyl (C=O) groups is 1. The van der Waals surface area contributed by atoms with Gasteiger partial charge in [-0.15, -0.1) is 0 Å². The Balaban J connectivity index is 1.72. The van der Waals surface area contributed by atoms with Crippen LogP contribution in [0.3, 0.4) is 0 Å². The maximum atomic E-state index is 12.5. The molecule has 3 rings (SSSR count). The minimum Gasteiger partial charge on any atom is -0.493 e. The second-order valence-corrected chi connectivity index (χ2v) is 6.25. The van der Waals surface area contributed by atoms with Gasteiger partial charge in [-0.3, -0.25) is 4.79 Å². The van der Waals surface area contributed by atoms with Gasteiger partial charge in [-0.1, -0.05) is 36.4 Å². The Hall–Kier alpha value is -3.52. The number of carbonyl (C=O) groups excluding carboxylic acids is 1. The van der Waals surface area contributed by atoms with Crippen molar-refractivity contribution in [2.24, 2.45) is 5.10 Å². The average molecular weight is 414 g/mol. The van der Waals surface area contributed by atoms with E-state index in [9.17, 15) is 13.6 Å². The third-order valence-electron chi connectivity index (χ3n) is 4.34. The molecule has 0 spiro atoms. The molecule has 0 saturated heterocycles. The fourth-order valence-electron chi connectivity index (χ4n) is 2.96. The number of methoxy groups -OCH3 is 2. The second-order valence-electron chi connectivity index (χ2n) is 6.25. The Labute approximate surface area is 172 Å². The SMILES string of the molecule is COc1ccc(C=NNC(=O)C(OC)c2ccc3ccccc3c2)cc1OC(F)F. The van der Waals surface area contributed by atoms with Crippen LogP contribution >= 0.6 is 0 Å². The van der Waals surface area contributed by atoms with Gasteiger partial charge in [-0.05, 0) is 46.2 Å². The number of halogens is 2. The molecule has 0 aliphatic rings. The minimum atomic E-state index is -2.99. The summed E-state index contributed by atoms with van der Waals surface area (Å²) in [4.78, 5) is 12.5. The lowest BCUT2D eigenvalue weighted by atomic mass is 10.0. The van der Waals surface area contributed by atoms with Gasteiger partial charge in [0.1, 0.15) is 0 Å². The van der Waals surface area contributed by atoms with Crippen LogP contribution in [-0.2, 0) is 9.53 Å². The fourth-order valence-corrected chi connectivity index (χ4v) is 2.96. The molecule has 156 valence electrons. The van der Waals surface area contributed by atoms with Crippen LogP contribution in [0.2, 0.25) is 0 Å². The summed E-state index contributed by atoms with van der Waals surface area (Å²) in [5.74, 6) is -0.442. The van der Waals surface area contributed by atoms with Gasteiger partial charge in [-0.25, -0.2) is 5.43 Å². The molecule has 0 saturated carbocycles. The number of hydrogen-bond donors (Lipinski definition) is 1. The first-order chi connectivity index (χ1) is 14.5. The number of rotatable bonds is 8. The number of nitrogens with one attached hydrogen (secondary N) is 1. The van der Waals surface area contributed by atoms with Gasteiger partial charge in [0, 0.05) is 7.11 Å². The summed E-state index contributed by atoms with van der Waals surface area (Å²) in [5, 5.41) is 5.92. The summed E-state index contributed by atoms with van der Waals surface area (Å²) in [6, 6.07) is 17.8. The van der Waals surface area contributed by atoms with E-state index in [4.69, 9.17) is 9.47 Å². The van der Waals surface area contributed by atoms with Crippen LogP contribution < -0.4 is 14.9 Å². The van der Waals surface area contributed by atoms with Gasteiger partial charge in [-0.2, -0.15) is 13.9 Å². The lowest BCUT2D eigenvalue weighted by Gasteiger charge is -2.14. The number of hydrazone groups is 1. The molecule has 0 heterocycles. The molecule has 0 aliphatic heterocycles. The maximum absolute atomic E-state index is 12.5. The molecule has 0 fully saturated rings. The summed E-state index contributed by atoms with van der Waals surface area (Å²) in [6.07, 6.45) is 0.448. The summed E-state index contributed by atoms with van der Waals surface area (Å²) in [5.41, 5.74) is 3.52. The van der Waals surface area contributed by atoms with Crippen LogP contribution in [0.1, 0.15) is 17.2 Å². The highest BCUT2D eigenvalue weighted by atomic mass is 19.3. The molecule has 1 atom stereocenters. The third kappa shape index (κ3) is 5.09. The predicted molar refractivity (Wildman–Crippen MR) is 109 cm³/mol. The smallest absolute Gasteiger partial charge is 0.387 e. The van der Waals surface area contributed by atoms with E-state index in [0.717, 1.165) is 10.8 Å². The summed E-state index contributed by atoms with van der Waals surface area (Å²) in [7, 11) is 2.78. The standard InChI is InChI=1S/C22H20F2N2O4/c1-28-18-10-7-14(11-19(18)30-22(23)24)13-25-26-21(27)20(29-2)17-9-8-15-5-3-4-6-16(15)12-17/h3-13,20,22H,1-2H3,(H,26,27). The summed E-state index contributed by atoms with van der Waals surface area (Å²) < 4.78 is 39.8. The molecule has 0 aromatic heterocycles. The highest BCUT2D eigenvalue weighted by Crippen LogP contribution is 2.29. The highest BCUT2D eigenvalue weighted by Gasteiger charge is 2.20. The van der Waals surface area contributed by atoms with Gasteiger partial charge in [0.2, 0.25) is 0 Å². The van der Waals surface area contributed by atoms with E-state index < -0.39 is 18.6 Å². The zero-order chi connectivity index (χ0) is 21.5. The molecule has 3 aromatic carbocycles. The van der Waals surface area contributed by atoms with E-state index in [0.29, 0.717) is 11.1 Å². The zero-order valence-electron chi connectivity index (χ0n) is 16.3. The van der Waals surface area contributed by atoms with Crippen LogP contribution in [0.15, 0.2) is 65.8 Å². The van der Waals surface area contributed by atoms with Crippen molar-refractivity contribution in [1.82, 2.24) is 5.43 Å². The Morgan fingerprint density at radius 2 is 1.77 bits per heavy atom. The quantitative estimate of drug-likeness (QED) is 0.441. The molecule has 8 heteroatoms. The number of alkyl halides is 2. The Bertz CT molecular complexity index is 1060.